The van der Waals surface area contributed by atoms with Gasteiger partial charge in [-0.25, -0.2) is 0 Å². The molecule has 0 radical (unpaired) electrons. The van der Waals surface area contributed by atoms with Crippen LogP contribution in [0.2, 0.25) is 0 Å². The second-order valence-corrected chi connectivity index (χ2v) is 3.93. The first-order valence-corrected chi connectivity index (χ1v) is 5.57. The van der Waals surface area contributed by atoms with Gasteiger partial charge in [-0.05, 0) is 26.1 Å². The molecule has 4 nitrogen and oxygen atoms in total. The van der Waals surface area contributed by atoms with Crippen LogP contribution in [0.5, 0.6) is 0 Å². The van der Waals surface area contributed by atoms with E-state index in [9.17, 15) is 4.79 Å². The molecule has 0 unspecified atom stereocenters. The Morgan fingerprint density at radius 1 is 1.50 bits per heavy atom. The average Bonchev–Trinajstić information content (AvgIpc) is 2.68. The van der Waals surface area contributed by atoms with Crippen LogP contribution in [0, 0.1) is 6.92 Å². The van der Waals surface area contributed by atoms with E-state index in [1.165, 1.54) is 0 Å². The largest absolute Gasteiger partial charge is 0.466 e. The number of amides is 1. The molecule has 0 aromatic carbocycles. The Labute approximate surface area is 96.6 Å². The summed E-state index contributed by atoms with van der Waals surface area (Å²) >= 11 is 0. The van der Waals surface area contributed by atoms with E-state index in [4.69, 9.17) is 4.42 Å². The van der Waals surface area contributed by atoms with E-state index in [2.05, 4.69) is 5.32 Å². The Bertz CT molecular complexity index is 334. The molecule has 0 spiro atoms. The monoisotopic (exact) mass is 224 g/mol. The zero-order chi connectivity index (χ0) is 12.0. The van der Waals surface area contributed by atoms with Gasteiger partial charge in [0.25, 0.3) is 0 Å². The van der Waals surface area contributed by atoms with Crippen LogP contribution in [0.3, 0.4) is 0 Å². The van der Waals surface area contributed by atoms with Gasteiger partial charge in [0.05, 0.1) is 0 Å². The second-order valence-electron chi connectivity index (χ2n) is 3.93. The molecule has 1 N–H and O–H groups in total. The quantitative estimate of drug-likeness (QED) is 0.789. The third-order valence-corrected chi connectivity index (χ3v) is 2.50. The van der Waals surface area contributed by atoms with Crippen LogP contribution in [-0.2, 0) is 11.2 Å². The zero-order valence-corrected chi connectivity index (χ0v) is 10.2. The highest BCUT2D eigenvalue weighted by Gasteiger charge is 2.08. The highest BCUT2D eigenvalue weighted by molar-refractivity contribution is 5.76. The van der Waals surface area contributed by atoms with Gasteiger partial charge in [0.2, 0.25) is 5.91 Å². The minimum atomic E-state index is 0.164. The fraction of sp³-hybridized carbons (Fsp3) is 0.583. The van der Waals surface area contributed by atoms with E-state index >= 15 is 0 Å². The van der Waals surface area contributed by atoms with Gasteiger partial charge in [-0.2, -0.15) is 0 Å². The first-order chi connectivity index (χ1) is 7.63. The van der Waals surface area contributed by atoms with Crippen molar-refractivity contribution in [2.24, 2.45) is 0 Å². The molecule has 16 heavy (non-hydrogen) atoms. The summed E-state index contributed by atoms with van der Waals surface area (Å²) in [5.41, 5.74) is 0. The molecule has 1 heterocycles. The molecule has 0 aliphatic carbocycles. The third kappa shape index (κ3) is 4.06. The van der Waals surface area contributed by atoms with Gasteiger partial charge in [-0.1, -0.05) is 0 Å². The van der Waals surface area contributed by atoms with Crippen LogP contribution in [-0.4, -0.2) is 38.0 Å². The van der Waals surface area contributed by atoms with Crippen LogP contribution in [0.15, 0.2) is 16.5 Å². The molecule has 0 fully saturated rings. The molecule has 0 aliphatic heterocycles. The summed E-state index contributed by atoms with van der Waals surface area (Å²) in [5.74, 6) is 2.02. The van der Waals surface area contributed by atoms with Crippen molar-refractivity contribution in [3.05, 3.63) is 23.7 Å². The Balaban J connectivity index is 2.29. The molecule has 0 aliphatic rings. The summed E-state index contributed by atoms with van der Waals surface area (Å²) in [6.07, 6.45) is 1.32. The Kier molecular flexibility index (Phi) is 5.05. The highest BCUT2D eigenvalue weighted by Crippen LogP contribution is 2.07. The number of likely N-dealkylation sites (N-methyl/N-ethyl adjacent to an activating group) is 1. The van der Waals surface area contributed by atoms with E-state index in [1.807, 2.05) is 33.2 Å². The van der Waals surface area contributed by atoms with Crippen LogP contribution in [0.1, 0.15) is 17.9 Å². The summed E-state index contributed by atoms with van der Waals surface area (Å²) in [4.78, 5) is 13.3. The molecule has 1 aromatic heterocycles. The predicted octanol–water partition coefficient (Wildman–Crippen LogP) is 1.20. The van der Waals surface area contributed by atoms with Crippen LogP contribution in [0.25, 0.3) is 0 Å². The van der Waals surface area contributed by atoms with Crippen molar-refractivity contribution in [2.75, 3.05) is 27.2 Å². The number of carbonyl (C=O) groups excluding carboxylic acids is 1. The molecule has 90 valence electrons. The maximum absolute atomic E-state index is 11.6. The summed E-state index contributed by atoms with van der Waals surface area (Å²) in [6.45, 7) is 3.35. The van der Waals surface area contributed by atoms with Gasteiger partial charge in [0, 0.05) is 33.0 Å². The Morgan fingerprint density at radius 3 is 2.81 bits per heavy atom. The van der Waals surface area contributed by atoms with Crippen LogP contribution < -0.4 is 5.32 Å². The summed E-state index contributed by atoms with van der Waals surface area (Å²) in [6, 6.07) is 3.90. The number of rotatable bonds is 6. The fourth-order valence-electron chi connectivity index (χ4n) is 1.44. The number of aryl methyl sites for hydroxylation is 1. The summed E-state index contributed by atoms with van der Waals surface area (Å²) in [7, 11) is 3.67. The van der Waals surface area contributed by atoms with Crippen molar-refractivity contribution in [3.8, 4) is 0 Å². The van der Waals surface area contributed by atoms with Gasteiger partial charge in [0.1, 0.15) is 11.5 Å². The molecule has 4 heteroatoms. The first kappa shape index (κ1) is 12.8. The van der Waals surface area contributed by atoms with Gasteiger partial charge < -0.3 is 14.6 Å². The van der Waals surface area contributed by atoms with Crippen molar-refractivity contribution in [3.63, 3.8) is 0 Å². The highest BCUT2D eigenvalue weighted by atomic mass is 16.3. The number of furan rings is 1. The van der Waals surface area contributed by atoms with E-state index < -0.39 is 0 Å². The van der Waals surface area contributed by atoms with Crippen LogP contribution in [0.4, 0.5) is 0 Å². The number of nitrogens with zero attached hydrogens (tertiary/aromatic N) is 1. The predicted molar refractivity (Wildman–Crippen MR) is 63.3 cm³/mol. The second kappa shape index (κ2) is 6.33. The first-order valence-electron chi connectivity index (χ1n) is 5.57. The molecule has 0 saturated carbocycles. The van der Waals surface area contributed by atoms with Gasteiger partial charge in [0.15, 0.2) is 0 Å². The molecule has 1 amide bonds. The minimum absolute atomic E-state index is 0.164. The summed E-state index contributed by atoms with van der Waals surface area (Å²) < 4.78 is 5.44. The van der Waals surface area contributed by atoms with Gasteiger partial charge in [-0.3, -0.25) is 4.79 Å². The van der Waals surface area contributed by atoms with Crippen molar-refractivity contribution in [2.45, 2.75) is 19.8 Å². The number of hydrogen-bond donors (Lipinski definition) is 1. The molecule has 0 bridgehead atoms. The lowest BCUT2D eigenvalue weighted by molar-refractivity contribution is -0.129. The minimum Gasteiger partial charge on any atom is -0.466 e. The molecular weight excluding hydrogens is 204 g/mol. The third-order valence-electron chi connectivity index (χ3n) is 2.50. The van der Waals surface area contributed by atoms with Crippen molar-refractivity contribution in [1.82, 2.24) is 10.2 Å². The smallest absolute Gasteiger partial charge is 0.223 e. The number of hydrogen-bond acceptors (Lipinski definition) is 3. The fourth-order valence-corrected chi connectivity index (χ4v) is 1.44. The topological polar surface area (TPSA) is 45.5 Å². The molecule has 0 atom stereocenters. The molecular formula is C12H20N2O2. The van der Waals surface area contributed by atoms with E-state index in [0.717, 1.165) is 24.5 Å². The molecule has 1 rings (SSSR count). The maximum Gasteiger partial charge on any atom is 0.223 e. The Hall–Kier alpha value is -1.29. The number of carbonyl (C=O) groups is 1. The number of nitrogens with one attached hydrogen (secondary N) is 1. The average molecular weight is 224 g/mol. The van der Waals surface area contributed by atoms with E-state index in [0.29, 0.717) is 13.0 Å². The van der Waals surface area contributed by atoms with Gasteiger partial charge >= 0.3 is 0 Å². The normalized spacial score (nSPS) is 10.4. The van der Waals surface area contributed by atoms with Gasteiger partial charge in [-0.15, -0.1) is 0 Å². The van der Waals surface area contributed by atoms with Crippen molar-refractivity contribution in [1.29, 1.82) is 0 Å². The molecule has 1 aromatic rings. The lowest BCUT2D eigenvalue weighted by atomic mass is 10.3. The van der Waals surface area contributed by atoms with Crippen molar-refractivity contribution < 1.29 is 9.21 Å². The molecule has 0 saturated heterocycles. The zero-order valence-electron chi connectivity index (χ0n) is 10.2. The maximum atomic E-state index is 11.6. The lowest BCUT2D eigenvalue weighted by Gasteiger charge is -2.16. The Morgan fingerprint density at radius 2 is 2.25 bits per heavy atom. The van der Waals surface area contributed by atoms with E-state index in [-0.39, 0.29) is 5.91 Å². The SMILES string of the molecule is CNCCC(=O)N(C)CCc1ccc(C)o1. The van der Waals surface area contributed by atoms with Crippen LogP contribution >= 0.6 is 0 Å². The lowest BCUT2D eigenvalue weighted by Crippen LogP contribution is -2.30. The standard InChI is InChI=1S/C12H20N2O2/c1-10-4-5-11(16-10)7-9-14(3)12(15)6-8-13-2/h4-5,13H,6-9H2,1-3H3. The van der Waals surface area contributed by atoms with E-state index in [1.54, 1.807) is 4.90 Å². The summed E-state index contributed by atoms with van der Waals surface area (Å²) in [5, 5.41) is 2.96. The van der Waals surface area contributed by atoms with Crippen molar-refractivity contribution >= 4 is 5.91 Å².